The van der Waals surface area contributed by atoms with E-state index in [0.717, 1.165) is 55.6 Å². The maximum absolute atomic E-state index is 13.2. The Morgan fingerprint density at radius 2 is 1.81 bits per heavy atom. The van der Waals surface area contributed by atoms with Crippen LogP contribution in [-0.2, 0) is 22.4 Å². The summed E-state index contributed by atoms with van der Waals surface area (Å²) in [5, 5.41) is 14.1. The molecule has 3 heterocycles. The van der Waals surface area contributed by atoms with E-state index in [0.29, 0.717) is 16.3 Å². The summed E-state index contributed by atoms with van der Waals surface area (Å²) in [5.74, 6) is -0.972. The van der Waals surface area contributed by atoms with Gasteiger partial charge in [0, 0.05) is 34.9 Å². The Bertz CT molecular complexity index is 1160. The van der Waals surface area contributed by atoms with Gasteiger partial charge in [-0.2, -0.15) is 0 Å². The highest BCUT2D eigenvalue weighted by Gasteiger charge is 2.35. The molecule has 0 radical (unpaired) electrons. The van der Waals surface area contributed by atoms with Gasteiger partial charge in [0.1, 0.15) is 11.3 Å². The zero-order valence-corrected chi connectivity index (χ0v) is 18.2. The number of halogens is 1. The van der Waals surface area contributed by atoms with Crippen molar-refractivity contribution in [2.45, 2.75) is 25.7 Å². The summed E-state index contributed by atoms with van der Waals surface area (Å²) in [6.07, 6.45) is 5.19. The molecule has 0 unspecified atom stereocenters. The number of nitrogens with one attached hydrogen (secondary N) is 1. The smallest absolute Gasteiger partial charge is 0.270 e. The number of anilines is 2. The van der Waals surface area contributed by atoms with Crippen LogP contribution >= 0.6 is 23.8 Å². The third-order valence-corrected chi connectivity index (χ3v) is 6.55. The van der Waals surface area contributed by atoms with Gasteiger partial charge in [-0.1, -0.05) is 11.6 Å². The van der Waals surface area contributed by atoms with Crippen molar-refractivity contribution in [2.24, 2.45) is 0 Å². The van der Waals surface area contributed by atoms with Gasteiger partial charge in [0.05, 0.1) is 5.69 Å². The molecule has 0 aromatic heterocycles. The average molecular weight is 454 g/mol. The van der Waals surface area contributed by atoms with Crippen molar-refractivity contribution in [3.8, 4) is 5.75 Å². The van der Waals surface area contributed by atoms with Crippen LogP contribution in [0.1, 0.15) is 29.5 Å². The monoisotopic (exact) mass is 453 g/mol. The van der Waals surface area contributed by atoms with Crippen LogP contribution in [0.15, 0.2) is 35.9 Å². The molecule has 2 aromatic carbocycles. The van der Waals surface area contributed by atoms with Gasteiger partial charge in [-0.3, -0.25) is 19.8 Å². The molecule has 1 saturated heterocycles. The molecule has 6 nitrogen and oxygen atoms in total. The summed E-state index contributed by atoms with van der Waals surface area (Å²) in [6.45, 7) is 1.99. The molecule has 31 heavy (non-hydrogen) atoms. The van der Waals surface area contributed by atoms with E-state index in [2.05, 4.69) is 10.2 Å². The summed E-state index contributed by atoms with van der Waals surface area (Å²) in [5.41, 5.74) is 4.10. The molecule has 158 valence electrons. The minimum Gasteiger partial charge on any atom is -0.507 e. The Morgan fingerprint density at radius 3 is 2.55 bits per heavy atom. The van der Waals surface area contributed by atoms with Crippen molar-refractivity contribution >= 4 is 58.2 Å². The van der Waals surface area contributed by atoms with Gasteiger partial charge >= 0.3 is 0 Å². The number of hydrogen-bond donors (Lipinski definition) is 2. The molecule has 0 aliphatic carbocycles. The number of carbonyl (C=O) groups is 2. The third-order valence-electron chi connectivity index (χ3n) is 6.01. The largest absolute Gasteiger partial charge is 0.507 e. The van der Waals surface area contributed by atoms with Gasteiger partial charge in [-0.15, -0.1) is 0 Å². The maximum atomic E-state index is 13.2. The molecular weight excluding hydrogens is 434 g/mol. The number of amides is 2. The van der Waals surface area contributed by atoms with Crippen LogP contribution in [0.3, 0.4) is 0 Å². The van der Waals surface area contributed by atoms with Crippen molar-refractivity contribution in [3.05, 3.63) is 57.6 Å². The Morgan fingerprint density at radius 1 is 1.10 bits per heavy atom. The van der Waals surface area contributed by atoms with E-state index in [1.54, 1.807) is 24.3 Å². The molecule has 2 amide bonds. The Labute approximate surface area is 190 Å². The molecule has 5 rings (SSSR count). The first-order valence-corrected chi connectivity index (χ1v) is 11.0. The number of nitrogens with zero attached hydrogens (tertiary/aromatic N) is 2. The number of rotatable bonds is 2. The number of phenolic OH excluding ortho intramolecular Hbond substituents is 1. The predicted octanol–water partition coefficient (Wildman–Crippen LogP) is 3.58. The standard InChI is InChI=1S/C23H20ClN3O3S/c24-15-5-7-16(8-6-15)27-22(30)18(21(29)25-23(27)31)12-14-11-13-3-1-9-26-10-2-4-17(19(13)26)20(14)28/h5-8,11-12,28H,1-4,9-10H2,(H,25,29,31). The highest BCUT2D eigenvalue weighted by atomic mass is 35.5. The molecule has 1 fully saturated rings. The molecule has 0 saturated carbocycles. The van der Waals surface area contributed by atoms with E-state index in [1.165, 1.54) is 11.0 Å². The summed E-state index contributed by atoms with van der Waals surface area (Å²) in [4.78, 5) is 29.5. The Hall–Kier alpha value is -2.90. The fraction of sp³-hybridized carbons (Fsp3) is 0.261. The van der Waals surface area contributed by atoms with Crippen molar-refractivity contribution < 1.29 is 14.7 Å². The van der Waals surface area contributed by atoms with Crippen molar-refractivity contribution in [3.63, 3.8) is 0 Å². The number of hydrogen-bond acceptors (Lipinski definition) is 5. The van der Waals surface area contributed by atoms with Crippen molar-refractivity contribution in [1.29, 1.82) is 0 Å². The van der Waals surface area contributed by atoms with E-state index in [1.807, 2.05) is 6.07 Å². The van der Waals surface area contributed by atoms with E-state index < -0.39 is 11.8 Å². The van der Waals surface area contributed by atoms with Gasteiger partial charge in [0.2, 0.25) is 0 Å². The van der Waals surface area contributed by atoms with Gasteiger partial charge in [-0.25, -0.2) is 0 Å². The molecular formula is C23H20ClN3O3S. The Balaban J connectivity index is 1.58. The van der Waals surface area contributed by atoms with Crippen LogP contribution in [0.25, 0.3) is 6.08 Å². The number of benzene rings is 2. The summed E-state index contributed by atoms with van der Waals surface area (Å²) < 4.78 is 0. The van der Waals surface area contributed by atoms with E-state index in [9.17, 15) is 14.7 Å². The maximum Gasteiger partial charge on any atom is 0.270 e. The van der Waals surface area contributed by atoms with Crippen LogP contribution < -0.4 is 15.1 Å². The second-order valence-electron chi connectivity index (χ2n) is 7.93. The number of carbonyl (C=O) groups excluding carboxylic acids is 2. The molecule has 0 atom stereocenters. The van der Waals surface area contributed by atoms with Crippen molar-refractivity contribution in [2.75, 3.05) is 22.9 Å². The third kappa shape index (κ3) is 3.38. The minimum absolute atomic E-state index is 0.00914. The van der Waals surface area contributed by atoms with Crippen LogP contribution in [-0.4, -0.2) is 35.1 Å². The molecule has 0 spiro atoms. The second kappa shape index (κ2) is 7.66. The zero-order valence-electron chi connectivity index (χ0n) is 16.7. The Kier molecular flexibility index (Phi) is 4.95. The molecule has 2 aromatic rings. The molecule has 3 aliphatic rings. The lowest BCUT2D eigenvalue weighted by Gasteiger charge is -2.37. The number of phenols is 1. The lowest BCUT2D eigenvalue weighted by Crippen LogP contribution is -2.54. The molecule has 0 bridgehead atoms. The van der Waals surface area contributed by atoms with Crippen LogP contribution in [0, 0.1) is 0 Å². The lowest BCUT2D eigenvalue weighted by atomic mass is 9.88. The molecule has 2 N–H and O–H groups in total. The van der Waals surface area contributed by atoms with Gasteiger partial charge in [-0.05, 0) is 79.9 Å². The predicted molar refractivity (Wildman–Crippen MR) is 125 cm³/mol. The van der Waals surface area contributed by atoms with Crippen LogP contribution in [0.4, 0.5) is 11.4 Å². The first-order valence-electron chi connectivity index (χ1n) is 10.2. The highest BCUT2D eigenvalue weighted by molar-refractivity contribution is 7.80. The summed E-state index contributed by atoms with van der Waals surface area (Å²) >= 11 is 11.2. The number of aromatic hydroxyl groups is 1. The quantitative estimate of drug-likeness (QED) is 0.413. The van der Waals surface area contributed by atoms with Gasteiger partial charge < -0.3 is 10.0 Å². The minimum atomic E-state index is -0.576. The first kappa shape index (κ1) is 20.0. The summed E-state index contributed by atoms with van der Waals surface area (Å²) in [7, 11) is 0. The van der Waals surface area contributed by atoms with Crippen molar-refractivity contribution in [1.82, 2.24) is 5.32 Å². The first-order chi connectivity index (χ1) is 14.9. The highest BCUT2D eigenvalue weighted by Crippen LogP contribution is 2.42. The zero-order chi connectivity index (χ0) is 21.7. The fourth-order valence-corrected chi connectivity index (χ4v) is 5.02. The van der Waals surface area contributed by atoms with E-state index >= 15 is 0 Å². The van der Waals surface area contributed by atoms with Crippen LogP contribution in [0.5, 0.6) is 5.75 Å². The van der Waals surface area contributed by atoms with E-state index in [4.69, 9.17) is 23.8 Å². The van der Waals surface area contributed by atoms with Crippen LogP contribution in [0.2, 0.25) is 5.02 Å². The molecule has 3 aliphatic heterocycles. The fourth-order valence-electron chi connectivity index (χ4n) is 4.62. The average Bonchev–Trinajstić information content (AvgIpc) is 2.75. The lowest BCUT2D eigenvalue weighted by molar-refractivity contribution is -0.122. The number of thiocarbonyl (C=S) groups is 1. The normalized spacial score (nSPS) is 19.5. The topological polar surface area (TPSA) is 72.9 Å². The number of aryl methyl sites for hydroxylation is 1. The summed E-state index contributed by atoms with van der Waals surface area (Å²) in [6, 6.07) is 8.53. The van der Waals surface area contributed by atoms with Gasteiger partial charge in [0.25, 0.3) is 11.8 Å². The van der Waals surface area contributed by atoms with E-state index in [-0.39, 0.29) is 16.4 Å². The second-order valence-corrected chi connectivity index (χ2v) is 8.75. The SMILES string of the molecule is O=C1NC(=S)N(c2ccc(Cl)cc2)C(=O)C1=Cc1cc2c3c(c1O)CCCN3CCC2. The van der Waals surface area contributed by atoms with Gasteiger partial charge in [0.15, 0.2) is 5.11 Å². The molecule has 8 heteroatoms.